The van der Waals surface area contributed by atoms with Crippen molar-refractivity contribution in [3.05, 3.63) is 35.9 Å². The van der Waals surface area contributed by atoms with E-state index >= 15 is 0 Å². The summed E-state index contributed by atoms with van der Waals surface area (Å²) in [4.78, 5) is 11.6. The SMILES string of the molecule is C[C@]1(O)CN[C@H](c2ccccc2)CC1=O.Cl. The summed E-state index contributed by atoms with van der Waals surface area (Å²) in [5, 5.41) is 12.9. The van der Waals surface area contributed by atoms with Crippen LogP contribution in [0.4, 0.5) is 0 Å². The number of carbonyl (C=O) groups excluding carboxylic acids is 1. The Morgan fingerprint density at radius 1 is 1.38 bits per heavy atom. The van der Waals surface area contributed by atoms with E-state index < -0.39 is 5.60 Å². The first-order chi connectivity index (χ1) is 7.09. The average Bonchev–Trinajstić information content (AvgIpc) is 2.23. The van der Waals surface area contributed by atoms with Crippen LogP contribution in [-0.2, 0) is 4.79 Å². The molecule has 0 saturated carbocycles. The van der Waals surface area contributed by atoms with E-state index in [2.05, 4.69) is 5.32 Å². The van der Waals surface area contributed by atoms with Crippen LogP contribution in [0.1, 0.15) is 24.9 Å². The highest BCUT2D eigenvalue weighted by Gasteiger charge is 2.36. The van der Waals surface area contributed by atoms with Crippen molar-refractivity contribution in [2.45, 2.75) is 25.0 Å². The van der Waals surface area contributed by atoms with Crippen molar-refractivity contribution < 1.29 is 9.90 Å². The van der Waals surface area contributed by atoms with Crippen molar-refractivity contribution in [3.8, 4) is 0 Å². The van der Waals surface area contributed by atoms with Crippen molar-refractivity contribution in [2.24, 2.45) is 0 Å². The number of aliphatic hydroxyl groups is 1. The van der Waals surface area contributed by atoms with E-state index in [1.165, 1.54) is 0 Å². The molecule has 1 aromatic carbocycles. The molecule has 4 heteroatoms. The van der Waals surface area contributed by atoms with Crippen LogP contribution in [0.5, 0.6) is 0 Å². The predicted molar refractivity (Wildman–Crippen MR) is 64.7 cm³/mol. The Kier molecular flexibility index (Phi) is 4.08. The zero-order valence-electron chi connectivity index (χ0n) is 9.14. The lowest BCUT2D eigenvalue weighted by molar-refractivity contribution is -0.138. The zero-order valence-corrected chi connectivity index (χ0v) is 9.96. The van der Waals surface area contributed by atoms with E-state index in [4.69, 9.17) is 0 Å². The van der Waals surface area contributed by atoms with Gasteiger partial charge in [0.2, 0.25) is 0 Å². The molecule has 3 nitrogen and oxygen atoms in total. The molecule has 88 valence electrons. The monoisotopic (exact) mass is 241 g/mol. The number of ketones is 1. The van der Waals surface area contributed by atoms with Gasteiger partial charge in [-0.25, -0.2) is 0 Å². The second-order valence-electron chi connectivity index (χ2n) is 4.25. The molecule has 0 aliphatic carbocycles. The van der Waals surface area contributed by atoms with Gasteiger partial charge in [0.05, 0.1) is 0 Å². The number of piperidine rings is 1. The van der Waals surface area contributed by atoms with Crippen LogP contribution in [-0.4, -0.2) is 23.0 Å². The van der Waals surface area contributed by atoms with Crippen molar-refractivity contribution in [2.75, 3.05) is 6.54 Å². The lowest BCUT2D eigenvalue weighted by atomic mass is 9.88. The fourth-order valence-corrected chi connectivity index (χ4v) is 1.82. The molecule has 1 saturated heterocycles. The van der Waals surface area contributed by atoms with Crippen LogP contribution in [0.15, 0.2) is 30.3 Å². The normalized spacial score (nSPS) is 29.6. The Labute approximate surface area is 101 Å². The van der Waals surface area contributed by atoms with Crippen LogP contribution >= 0.6 is 12.4 Å². The quantitative estimate of drug-likeness (QED) is 0.783. The van der Waals surface area contributed by atoms with Crippen molar-refractivity contribution >= 4 is 18.2 Å². The maximum absolute atomic E-state index is 11.6. The first-order valence-corrected chi connectivity index (χ1v) is 5.13. The van der Waals surface area contributed by atoms with E-state index in [0.717, 1.165) is 5.56 Å². The molecule has 0 radical (unpaired) electrons. The highest BCUT2D eigenvalue weighted by atomic mass is 35.5. The summed E-state index contributed by atoms with van der Waals surface area (Å²) < 4.78 is 0. The number of carbonyl (C=O) groups is 1. The van der Waals surface area contributed by atoms with Crippen molar-refractivity contribution in [3.63, 3.8) is 0 Å². The number of hydrogen-bond acceptors (Lipinski definition) is 3. The fraction of sp³-hybridized carbons (Fsp3) is 0.417. The zero-order chi connectivity index (χ0) is 10.9. The van der Waals surface area contributed by atoms with Gasteiger partial charge < -0.3 is 10.4 Å². The fourth-order valence-electron chi connectivity index (χ4n) is 1.82. The number of nitrogens with one attached hydrogen (secondary N) is 1. The van der Waals surface area contributed by atoms with Gasteiger partial charge in [-0.05, 0) is 12.5 Å². The second-order valence-corrected chi connectivity index (χ2v) is 4.25. The van der Waals surface area contributed by atoms with Crippen LogP contribution in [0.2, 0.25) is 0 Å². The molecule has 1 aliphatic heterocycles. The molecule has 1 heterocycles. The van der Waals surface area contributed by atoms with Gasteiger partial charge in [-0.15, -0.1) is 12.4 Å². The van der Waals surface area contributed by atoms with E-state index in [0.29, 0.717) is 13.0 Å². The van der Waals surface area contributed by atoms with Crippen molar-refractivity contribution in [1.82, 2.24) is 5.32 Å². The van der Waals surface area contributed by atoms with Crippen LogP contribution in [0.3, 0.4) is 0 Å². The molecule has 2 atom stereocenters. The van der Waals surface area contributed by atoms with Gasteiger partial charge in [0.15, 0.2) is 5.78 Å². The Bertz CT molecular complexity index is 365. The van der Waals surface area contributed by atoms with E-state index in [9.17, 15) is 9.90 Å². The number of hydrogen-bond donors (Lipinski definition) is 2. The third kappa shape index (κ3) is 2.61. The molecule has 2 rings (SSSR count). The third-order valence-electron chi connectivity index (χ3n) is 2.88. The van der Waals surface area contributed by atoms with E-state index in [1.807, 2.05) is 30.3 Å². The Morgan fingerprint density at radius 3 is 2.56 bits per heavy atom. The molecule has 16 heavy (non-hydrogen) atoms. The Morgan fingerprint density at radius 2 is 2.00 bits per heavy atom. The standard InChI is InChI=1S/C12H15NO2.ClH/c1-12(15)8-13-10(7-11(12)14)9-5-3-2-4-6-9;/h2-6,10,13,15H,7-8H2,1H3;1H/t10-,12-;/m0./s1. The summed E-state index contributed by atoms with van der Waals surface area (Å²) in [5.74, 6) is -0.0879. The minimum Gasteiger partial charge on any atom is -0.381 e. The summed E-state index contributed by atoms with van der Waals surface area (Å²) in [7, 11) is 0. The van der Waals surface area contributed by atoms with E-state index in [-0.39, 0.29) is 24.2 Å². The number of Topliss-reactive ketones (excluding diaryl/α,β-unsaturated/α-hetero) is 1. The van der Waals surface area contributed by atoms with E-state index in [1.54, 1.807) is 6.92 Å². The molecule has 0 unspecified atom stereocenters. The topological polar surface area (TPSA) is 49.3 Å². The Balaban J connectivity index is 0.00000128. The number of halogens is 1. The number of rotatable bonds is 1. The third-order valence-corrected chi connectivity index (χ3v) is 2.88. The summed E-state index contributed by atoms with van der Waals surface area (Å²) in [6, 6.07) is 9.88. The largest absolute Gasteiger partial charge is 0.381 e. The first kappa shape index (κ1) is 13.2. The molecule has 0 aromatic heterocycles. The summed E-state index contributed by atoms with van der Waals surface area (Å²) >= 11 is 0. The highest BCUT2D eigenvalue weighted by Crippen LogP contribution is 2.24. The minimum absolute atomic E-state index is 0. The van der Waals surface area contributed by atoms with Gasteiger partial charge >= 0.3 is 0 Å². The lowest BCUT2D eigenvalue weighted by Gasteiger charge is -2.33. The van der Waals surface area contributed by atoms with Gasteiger partial charge in [0.1, 0.15) is 5.60 Å². The minimum atomic E-state index is -1.20. The molecule has 2 N–H and O–H groups in total. The molecule has 1 aromatic rings. The van der Waals surface area contributed by atoms with Gasteiger partial charge in [0.25, 0.3) is 0 Å². The number of β-amino-alcohol motifs (C(OH)–C–C–N with tert-alkyl or cyclic N) is 1. The highest BCUT2D eigenvalue weighted by molar-refractivity contribution is 5.88. The molecule has 0 spiro atoms. The van der Waals surface area contributed by atoms with Crippen LogP contribution in [0, 0.1) is 0 Å². The van der Waals surface area contributed by atoms with Gasteiger partial charge in [-0.2, -0.15) is 0 Å². The maximum Gasteiger partial charge on any atom is 0.167 e. The molecular formula is C12H16ClNO2. The predicted octanol–water partition coefficient (Wildman–Crippen LogP) is 1.46. The summed E-state index contributed by atoms with van der Waals surface area (Å²) in [6.07, 6.45) is 0.358. The van der Waals surface area contributed by atoms with Gasteiger partial charge in [-0.1, -0.05) is 30.3 Å². The Hall–Kier alpha value is -0.900. The van der Waals surface area contributed by atoms with Crippen molar-refractivity contribution in [1.29, 1.82) is 0 Å². The summed E-state index contributed by atoms with van der Waals surface area (Å²) in [5.41, 5.74) is -0.105. The molecule has 0 amide bonds. The first-order valence-electron chi connectivity index (χ1n) is 5.13. The molecule has 1 fully saturated rings. The maximum atomic E-state index is 11.6. The second kappa shape index (κ2) is 4.95. The molecule has 0 bridgehead atoms. The smallest absolute Gasteiger partial charge is 0.167 e. The lowest BCUT2D eigenvalue weighted by Crippen LogP contribution is -2.51. The average molecular weight is 242 g/mol. The molecule has 1 aliphatic rings. The van der Waals surface area contributed by atoms with Crippen LogP contribution in [0.25, 0.3) is 0 Å². The van der Waals surface area contributed by atoms with Gasteiger partial charge in [0, 0.05) is 19.0 Å². The van der Waals surface area contributed by atoms with Gasteiger partial charge in [-0.3, -0.25) is 4.79 Å². The number of benzene rings is 1. The summed E-state index contributed by atoms with van der Waals surface area (Å²) in [6.45, 7) is 1.88. The molecular weight excluding hydrogens is 226 g/mol. The van der Waals surface area contributed by atoms with Crippen LogP contribution < -0.4 is 5.32 Å².